The highest BCUT2D eigenvalue weighted by molar-refractivity contribution is 6.35. The van der Waals surface area contributed by atoms with Crippen LogP contribution in [0.1, 0.15) is 37.0 Å². The second-order valence-electron chi connectivity index (χ2n) is 10.4. The first-order valence-electron chi connectivity index (χ1n) is 12.7. The summed E-state index contributed by atoms with van der Waals surface area (Å²) in [4.78, 5) is 7.11. The summed E-state index contributed by atoms with van der Waals surface area (Å²) in [6.45, 7) is 9.17. The maximum atomic E-state index is 9.98. The van der Waals surface area contributed by atoms with Gasteiger partial charge in [-0.1, -0.05) is 11.6 Å². The van der Waals surface area contributed by atoms with Gasteiger partial charge in [-0.25, -0.2) is 4.68 Å². The van der Waals surface area contributed by atoms with Crippen molar-refractivity contribution >= 4 is 33.4 Å². The molecule has 0 saturated heterocycles. The normalized spacial score (nSPS) is 17.1. The fourth-order valence-corrected chi connectivity index (χ4v) is 5.78. The number of aliphatic hydroxyl groups excluding tert-OH is 1. The lowest BCUT2D eigenvalue weighted by molar-refractivity contribution is 0.145. The fraction of sp³-hybridized carbons (Fsp3) is 0.407. The molecule has 0 unspecified atom stereocenters. The first-order valence-corrected chi connectivity index (χ1v) is 13.1. The Morgan fingerprint density at radius 2 is 1.95 bits per heavy atom. The van der Waals surface area contributed by atoms with Crippen LogP contribution in [-0.4, -0.2) is 71.1 Å². The van der Waals surface area contributed by atoms with Crippen molar-refractivity contribution in [3.63, 3.8) is 0 Å². The molecule has 0 saturated carbocycles. The van der Waals surface area contributed by atoms with E-state index in [0.29, 0.717) is 29.5 Å². The first kappa shape index (κ1) is 24.8. The number of benzene rings is 1. The van der Waals surface area contributed by atoms with Crippen LogP contribution in [0.4, 0.5) is 0 Å². The van der Waals surface area contributed by atoms with Gasteiger partial charge in [0.2, 0.25) is 5.88 Å². The van der Waals surface area contributed by atoms with Crippen molar-refractivity contribution < 1.29 is 9.84 Å². The maximum absolute atomic E-state index is 9.98. The van der Waals surface area contributed by atoms with E-state index >= 15 is 0 Å². The Bertz CT molecular complexity index is 1700. The number of aromatic nitrogens is 7. The molecule has 6 rings (SSSR count). The van der Waals surface area contributed by atoms with Crippen molar-refractivity contribution in [3.05, 3.63) is 40.3 Å². The van der Waals surface area contributed by atoms with E-state index in [1.807, 2.05) is 44.6 Å². The Morgan fingerprint density at radius 1 is 1.16 bits per heavy atom. The number of nitrogens with one attached hydrogen (secondary N) is 1. The van der Waals surface area contributed by atoms with Crippen LogP contribution in [-0.2, 0) is 13.6 Å². The summed E-state index contributed by atoms with van der Waals surface area (Å²) in [5.74, 6) is 0.680. The molecule has 198 valence electrons. The van der Waals surface area contributed by atoms with E-state index in [2.05, 4.69) is 35.1 Å². The molecule has 0 amide bonds. The molecule has 0 fully saturated rings. The molecule has 5 aromatic rings. The molecule has 1 aliphatic rings. The largest absolute Gasteiger partial charge is 0.473 e. The van der Waals surface area contributed by atoms with Gasteiger partial charge in [0.05, 0.1) is 51.5 Å². The van der Waals surface area contributed by atoms with E-state index in [-0.39, 0.29) is 18.8 Å². The van der Waals surface area contributed by atoms with Crippen molar-refractivity contribution in [2.75, 3.05) is 20.2 Å². The van der Waals surface area contributed by atoms with E-state index in [4.69, 9.17) is 31.5 Å². The topological polar surface area (TPSA) is 110 Å². The quantitative estimate of drug-likeness (QED) is 0.345. The van der Waals surface area contributed by atoms with Gasteiger partial charge in [0.25, 0.3) is 0 Å². The molecule has 0 radical (unpaired) electrons. The predicted octanol–water partition coefficient (Wildman–Crippen LogP) is 4.41. The minimum atomic E-state index is -0.205. The zero-order chi connectivity index (χ0) is 26.9. The number of hydrogen-bond donors (Lipinski definition) is 2. The number of ether oxygens (including phenoxy) is 1. The number of H-pyrrole nitrogens is 1. The number of aliphatic hydroxyl groups is 1. The van der Waals surface area contributed by atoms with Gasteiger partial charge in [-0.15, -0.1) is 0 Å². The number of aryl methyl sites for hydroxylation is 3. The van der Waals surface area contributed by atoms with Gasteiger partial charge in [0, 0.05) is 36.5 Å². The van der Waals surface area contributed by atoms with Crippen LogP contribution in [0.3, 0.4) is 0 Å². The monoisotopic (exact) mass is 534 g/mol. The van der Waals surface area contributed by atoms with Crippen LogP contribution in [0.25, 0.3) is 44.3 Å². The summed E-state index contributed by atoms with van der Waals surface area (Å²) < 4.78 is 10.2. The van der Waals surface area contributed by atoms with Crippen molar-refractivity contribution in [1.29, 1.82) is 0 Å². The highest BCUT2D eigenvalue weighted by atomic mass is 35.5. The van der Waals surface area contributed by atoms with Crippen molar-refractivity contribution in [1.82, 2.24) is 39.6 Å². The third-order valence-corrected chi connectivity index (χ3v) is 7.56. The van der Waals surface area contributed by atoms with Crippen molar-refractivity contribution in [2.24, 2.45) is 7.05 Å². The molecular weight excluding hydrogens is 504 g/mol. The van der Waals surface area contributed by atoms with E-state index in [0.717, 1.165) is 55.9 Å². The summed E-state index contributed by atoms with van der Waals surface area (Å²) >= 11 is 6.84. The zero-order valence-electron chi connectivity index (χ0n) is 22.4. The second kappa shape index (κ2) is 9.07. The number of likely N-dealkylation sites (N-methyl/N-ethyl adjacent to an activating group) is 1. The smallest absolute Gasteiger partial charge is 0.221 e. The van der Waals surface area contributed by atoms with Gasteiger partial charge >= 0.3 is 0 Å². The summed E-state index contributed by atoms with van der Waals surface area (Å²) in [7, 11) is 3.95. The van der Waals surface area contributed by atoms with Crippen LogP contribution in [0.5, 0.6) is 5.88 Å². The SMILES string of the molecule is Cc1nn(C)c2c1-c1cc3c(n[nH]c3c(C)n1)-c1cc(Cl)c3nn([C@@H](C)CO)c(c3c1)CN(C)C[C@H](C)O2. The fourth-order valence-electron chi connectivity index (χ4n) is 5.52. The molecule has 11 heteroatoms. The molecule has 1 aliphatic heterocycles. The number of halogens is 1. The molecule has 0 aliphatic carbocycles. The molecule has 0 spiro atoms. The second-order valence-corrected chi connectivity index (χ2v) is 10.8. The minimum absolute atomic E-state index is 0.0314. The van der Waals surface area contributed by atoms with E-state index in [1.165, 1.54) is 0 Å². The molecule has 2 atom stereocenters. The van der Waals surface area contributed by atoms with Gasteiger partial charge in [0.15, 0.2) is 0 Å². The van der Waals surface area contributed by atoms with Crippen LogP contribution >= 0.6 is 11.6 Å². The average molecular weight is 535 g/mol. The Hall–Kier alpha value is -3.47. The van der Waals surface area contributed by atoms with Crippen molar-refractivity contribution in [3.8, 4) is 28.4 Å². The van der Waals surface area contributed by atoms with E-state index in [9.17, 15) is 5.11 Å². The molecule has 2 N–H and O–H groups in total. The Kier molecular flexibility index (Phi) is 5.93. The number of nitrogens with zero attached hydrogens (tertiary/aromatic N) is 7. The lowest BCUT2D eigenvalue weighted by Crippen LogP contribution is -2.32. The van der Waals surface area contributed by atoms with Gasteiger partial charge in [-0.05, 0) is 52.9 Å². The number of rotatable bonds is 2. The minimum Gasteiger partial charge on any atom is -0.473 e. The van der Waals surface area contributed by atoms with Crippen molar-refractivity contribution in [2.45, 2.75) is 46.4 Å². The molecule has 5 heterocycles. The first-order chi connectivity index (χ1) is 18.2. The Labute approximate surface area is 225 Å². The third-order valence-electron chi connectivity index (χ3n) is 7.28. The number of fused-ring (bicyclic) bond motifs is 5. The van der Waals surface area contributed by atoms with Gasteiger partial charge < -0.3 is 9.84 Å². The molecule has 38 heavy (non-hydrogen) atoms. The molecule has 4 aromatic heterocycles. The summed E-state index contributed by atoms with van der Waals surface area (Å²) in [6, 6.07) is 5.85. The van der Waals surface area contributed by atoms with Crippen LogP contribution in [0.2, 0.25) is 5.02 Å². The summed E-state index contributed by atoms with van der Waals surface area (Å²) in [6.07, 6.45) is -0.134. The van der Waals surface area contributed by atoms with Gasteiger partial charge in [0.1, 0.15) is 17.3 Å². The van der Waals surface area contributed by atoms with Gasteiger partial charge in [-0.2, -0.15) is 15.3 Å². The highest BCUT2D eigenvalue weighted by Crippen LogP contribution is 2.39. The summed E-state index contributed by atoms with van der Waals surface area (Å²) in [5.41, 5.74) is 7.55. The zero-order valence-corrected chi connectivity index (χ0v) is 23.1. The van der Waals surface area contributed by atoms with Gasteiger partial charge in [-0.3, -0.25) is 19.7 Å². The number of hydrogen-bond acceptors (Lipinski definition) is 7. The lowest BCUT2D eigenvalue weighted by atomic mass is 10.0. The van der Waals surface area contributed by atoms with Crippen LogP contribution < -0.4 is 4.74 Å². The predicted molar refractivity (Wildman–Crippen MR) is 148 cm³/mol. The van der Waals surface area contributed by atoms with E-state index in [1.54, 1.807) is 4.68 Å². The lowest BCUT2D eigenvalue weighted by Gasteiger charge is -2.24. The molecular formula is C27H31ClN8O2. The number of pyridine rings is 1. The molecule has 1 aromatic carbocycles. The average Bonchev–Trinajstić information content (AvgIpc) is 3.52. The standard InChI is InChI=1S/C27H31ClN8O2/c1-13(12-37)36-22-11-34(5)10-14(2)38-27-23(15(3)32-35(27)6)21-9-19-24(16(4)29-21)30-31-25(19)17-7-18(22)26(33-36)20(28)8-17/h7-9,13-14,37H,10-12H2,1-6H3,(H,30,31)/t13-,14-/m0/s1. The number of aromatic amines is 1. The Balaban J connectivity index is 1.67. The highest BCUT2D eigenvalue weighted by Gasteiger charge is 2.26. The van der Waals surface area contributed by atoms with Crippen LogP contribution in [0.15, 0.2) is 18.2 Å². The molecule has 10 nitrogen and oxygen atoms in total. The van der Waals surface area contributed by atoms with E-state index < -0.39 is 0 Å². The summed E-state index contributed by atoms with van der Waals surface area (Å²) in [5, 5.41) is 29.8. The third kappa shape index (κ3) is 3.86. The Morgan fingerprint density at radius 3 is 2.71 bits per heavy atom. The van der Waals surface area contributed by atoms with Crippen LogP contribution in [0, 0.1) is 13.8 Å². The molecule has 4 bridgehead atoms. The maximum Gasteiger partial charge on any atom is 0.221 e.